The average Bonchev–Trinajstić information content (AvgIpc) is 3.95. The number of nitrogens with zero attached hydrogens (tertiary/aromatic N) is 4. The molecule has 1 unspecified atom stereocenters. The number of halogens is 1. The van der Waals surface area contributed by atoms with E-state index in [2.05, 4.69) is 148 Å². The van der Waals surface area contributed by atoms with Crippen LogP contribution in [0.2, 0.25) is 0 Å². The van der Waals surface area contributed by atoms with Crippen molar-refractivity contribution < 1.29 is 25.5 Å². The monoisotopic (exact) mass is 973 g/mol. The van der Waals surface area contributed by atoms with E-state index < -0.39 is 14.2 Å². The molecule has 0 bridgehead atoms. The van der Waals surface area contributed by atoms with E-state index in [1.165, 1.54) is 40.9 Å². The Labute approximate surface area is 359 Å². The Balaban J connectivity index is 0.00000397. The zero-order chi connectivity index (χ0) is 38.4. The number of alkyl halides is 1. The van der Waals surface area contributed by atoms with Gasteiger partial charge in [-0.3, -0.25) is 4.98 Å². The molecule has 0 amide bonds. The van der Waals surface area contributed by atoms with E-state index in [0.29, 0.717) is 11.1 Å². The molecule has 0 N–H and O–H groups in total. The summed E-state index contributed by atoms with van der Waals surface area (Å²) in [5, 5.41) is 10.3. The number of aromatic nitrogens is 3. The predicted molar refractivity (Wildman–Crippen MR) is 240 cm³/mol. The molecule has 0 saturated carbocycles. The van der Waals surface area contributed by atoms with Crippen LogP contribution in [0.25, 0.3) is 47.5 Å². The summed E-state index contributed by atoms with van der Waals surface area (Å²) in [4.78, 5) is 12.2. The summed E-state index contributed by atoms with van der Waals surface area (Å²) >= 11 is 1.80. The van der Waals surface area contributed by atoms with Crippen LogP contribution < -0.4 is 25.6 Å². The minimum absolute atomic E-state index is 0. The van der Waals surface area contributed by atoms with Gasteiger partial charge in [0.25, 0.3) is 0 Å². The molecule has 1 atom stereocenters. The molecule has 4 aromatic heterocycles. The van der Waals surface area contributed by atoms with Crippen molar-refractivity contribution in [3.05, 3.63) is 206 Å². The number of hydrogen-bond acceptors (Lipinski definition) is 4. The maximum Gasteiger partial charge on any atom is 2.00 e. The first kappa shape index (κ1) is 35.9. The Kier molecular flexibility index (Phi) is 8.49. The Morgan fingerprint density at radius 1 is 0.576 bits per heavy atom. The van der Waals surface area contributed by atoms with E-state index in [9.17, 15) is 0 Å². The molecule has 12 rings (SSSR count). The third-order valence-electron chi connectivity index (χ3n) is 11.8. The summed E-state index contributed by atoms with van der Waals surface area (Å²) in [5.41, 5.74) is 4.49. The molecule has 11 aromatic rings. The Hall–Kier alpha value is -6.24. The quantitative estimate of drug-likeness (QED) is 0.0979. The summed E-state index contributed by atoms with van der Waals surface area (Å²) in [6.07, 6.45) is 4.13. The van der Waals surface area contributed by atoms with Crippen molar-refractivity contribution in [2.24, 2.45) is 0 Å². The van der Waals surface area contributed by atoms with Gasteiger partial charge in [0, 0.05) is 39.6 Å². The largest absolute Gasteiger partial charge is 2.00 e. The molecular weight excluding hydrogens is 943 g/mol. The van der Waals surface area contributed by atoms with Gasteiger partial charge in [-0.05, 0) is 44.3 Å². The molecule has 0 fully saturated rings. The van der Waals surface area contributed by atoms with Gasteiger partial charge in [-0.15, -0.1) is 41.2 Å². The molecule has 4 nitrogen and oxygen atoms in total. The third-order valence-corrected chi connectivity index (χ3v) is 17.8. The average molecular weight is 974 g/mol. The van der Waals surface area contributed by atoms with Crippen LogP contribution in [-0.2, 0) is 21.1 Å². The molecule has 59 heavy (non-hydrogen) atoms. The summed E-state index contributed by atoms with van der Waals surface area (Å²) in [6.45, 7) is 0. The molecule has 1 aliphatic heterocycles. The van der Waals surface area contributed by atoms with Crippen molar-refractivity contribution in [1.82, 2.24) is 14.4 Å². The van der Waals surface area contributed by atoms with Gasteiger partial charge in [0.15, 0.2) is 8.07 Å². The number of para-hydroxylation sites is 1. The summed E-state index contributed by atoms with van der Waals surface area (Å²) < 4.78 is 21.7. The predicted octanol–water partition coefficient (Wildman–Crippen LogP) is 10.2. The maximum atomic E-state index is 17.2. The Morgan fingerprint density at radius 3 is 2.10 bits per heavy atom. The van der Waals surface area contributed by atoms with Crippen molar-refractivity contribution >= 4 is 105 Å². The van der Waals surface area contributed by atoms with Crippen LogP contribution in [0.4, 0.5) is 21.6 Å². The molecule has 282 valence electrons. The minimum atomic E-state index is -2.97. The van der Waals surface area contributed by atoms with Crippen molar-refractivity contribution in [2.75, 3.05) is 4.90 Å². The number of hydrogen-bond donors (Lipinski definition) is 0. The van der Waals surface area contributed by atoms with Gasteiger partial charge < -0.3 is 9.30 Å². The van der Waals surface area contributed by atoms with Gasteiger partial charge >= 0.3 is 21.1 Å². The first-order valence-corrected chi connectivity index (χ1v) is 22.2. The van der Waals surface area contributed by atoms with Crippen LogP contribution in [0.5, 0.6) is 0 Å². The van der Waals surface area contributed by atoms with Gasteiger partial charge in [0.2, 0.25) is 0 Å². The number of anilines is 3. The van der Waals surface area contributed by atoms with Crippen LogP contribution in [0.1, 0.15) is 17.3 Å². The van der Waals surface area contributed by atoms with Gasteiger partial charge in [-0.25, -0.2) is 9.37 Å². The second-order valence-corrected chi connectivity index (χ2v) is 19.6. The van der Waals surface area contributed by atoms with E-state index >= 15 is 4.39 Å². The van der Waals surface area contributed by atoms with Crippen LogP contribution >= 0.6 is 11.3 Å². The van der Waals surface area contributed by atoms with Gasteiger partial charge in [0.05, 0.1) is 16.0 Å². The van der Waals surface area contributed by atoms with Crippen molar-refractivity contribution in [1.29, 1.82) is 0 Å². The van der Waals surface area contributed by atoms with Gasteiger partial charge in [-0.1, -0.05) is 137 Å². The van der Waals surface area contributed by atoms with Crippen molar-refractivity contribution in [3.63, 3.8) is 0 Å². The first-order chi connectivity index (χ1) is 28.7. The van der Waals surface area contributed by atoms with Crippen LogP contribution in [0, 0.1) is 12.1 Å². The van der Waals surface area contributed by atoms with Gasteiger partial charge in [-0.2, -0.15) is 18.2 Å². The second-order valence-electron chi connectivity index (χ2n) is 14.8. The summed E-state index contributed by atoms with van der Waals surface area (Å²) in [5.74, 6) is 0.842. The number of imidazole rings is 1. The first-order valence-electron chi connectivity index (χ1n) is 19.4. The van der Waals surface area contributed by atoms with E-state index in [1.807, 2.05) is 54.9 Å². The Bertz CT molecular complexity index is 3370. The van der Waals surface area contributed by atoms with E-state index in [4.69, 9.17) is 4.98 Å². The molecule has 0 spiro atoms. The van der Waals surface area contributed by atoms with Crippen LogP contribution in [0.15, 0.2) is 182 Å². The zero-order valence-electron chi connectivity index (χ0n) is 31.3. The smallest absolute Gasteiger partial charge is 0.340 e. The van der Waals surface area contributed by atoms with Crippen LogP contribution in [0.3, 0.4) is 0 Å². The van der Waals surface area contributed by atoms with Crippen molar-refractivity contribution in [2.45, 2.75) is 6.17 Å². The molecule has 0 saturated heterocycles. The molecule has 5 heterocycles. The number of pyridine rings is 2. The molecule has 0 aliphatic carbocycles. The fourth-order valence-electron chi connectivity index (χ4n) is 9.39. The summed E-state index contributed by atoms with van der Waals surface area (Å²) in [6, 6.07) is 64.5. The molecule has 7 aromatic carbocycles. The molecule has 1 aliphatic rings. The zero-order valence-corrected chi connectivity index (χ0v) is 35.4. The second kappa shape index (κ2) is 14.0. The number of benzene rings is 7. The normalized spacial score (nSPS) is 13.7. The summed E-state index contributed by atoms with van der Waals surface area (Å²) in [7, 11) is -2.97. The fourth-order valence-corrected chi connectivity index (χ4v) is 15.8. The van der Waals surface area contributed by atoms with E-state index in [1.54, 1.807) is 17.5 Å². The van der Waals surface area contributed by atoms with Crippen molar-refractivity contribution in [3.8, 4) is 0 Å². The van der Waals surface area contributed by atoms with Crippen LogP contribution in [-0.4, -0.2) is 22.4 Å². The van der Waals surface area contributed by atoms with E-state index in [0.717, 1.165) is 44.5 Å². The number of fused-ring (bicyclic) bond motifs is 12. The Morgan fingerprint density at radius 2 is 1.29 bits per heavy atom. The van der Waals surface area contributed by atoms with Gasteiger partial charge in [0.1, 0.15) is 12.0 Å². The molecule has 0 radical (unpaired) electrons. The standard InChI is InChI=1S/C51H31FN4SSi.Pt/c52-47(34-24-25-38-39-19-7-9-21-43(39)55-30-29-54-50(55)42(38)32-34)33-13-11-14-35(31-33)56-48-45(27-26-41-40-20-8-10-22-44(40)57-49(41)48)58(36-15-3-1-4-16-36,37-17-5-2-6-18-37)46-23-12-28-53-51(46)56;/h1-30,47H;/q-2;+2. The molecule has 8 heteroatoms. The number of thiophene rings is 1. The third kappa shape index (κ3) is 5.21. The molecular formula is C51H31FN4PtSSi. The fraction of sp³-hybridized carbons (Fsp3) is 0.0196. The maximum absolute atomic E-state index is 17.2. The SMILES string of the molecule is FC(c1[c-]c(N2c3ncccc3[Si](c3ccccc3)(c3ccccc3)c3ccc4c(sc5ccccc54)c32)ccc1)c1[c-]c2c(cc1)c1ccccc1n1ccnc21.[Pt+2]. The number of rotatable bonds is 5. The minimum Gasteiger partial charge on any atom is -0.340 e. The topological polar surface area (TPSA) is 33.4 Å². The van der Waals surface area contributed by atoms with E-state index in [-0.39, 0.29) is 21.1 Å².